The largest absolute Gasteiger partial charge is 0.338 e. The van der Waals surface area contributed by atoms with Crippen LogP contribution in [0.2, 0.25) is 10.0 Å². The number of carbonyl (C=O) groups is 2. The molecule has 2 aromatic carbocycles. The first-order valence-corrected chi connectivity index (χ1v) is 10.4. The normalized spacial score (nSPS) is 25.9. The molecule has 1 saturated heterocycles. The van der Waals surface area contributed by atoms with E-state index < -0.39 is 11.5 Å². The number of carbonyl (C=O) groups excluding carboxylic acids is 2. The molecule has 150 valence electrons. The minimum atomic E-state index is -1.000. The van der Waals surface area contributed by atoms with Gasteiger partial charge in [0.1, 0.15) is 5.41 Å². The van der Waals surface area contributed by atoms with Crippen molar-refractivity contribution in [3.05, 3.63) is 75.8 Å². The van der Waals surface area contributed by atoms with Gasteiger partial charge in [0.05, 0.1) is 6.04 Å². The lowest BCUT2D eigenvalue weighted by Gasteiger charge is -2.51. The predicted molar refractivity (Wildman–Crippen MR) is 117 cm³/mol. The van der Waals surface area contributed by atoms with E-state index in [9.17, 15) is 9.59 Å². The van der Waals surface area contributed by atoms with Gasteiger partial charge >= 0.3 is 0 Å². The molecule has 4 rings (SSSR count). The fourth-order valence-electron chi connectivity index (χ4n) is 4.96. The molecule has 2 aliphatic heterocycles. The standard InChI is InChI=1S/C23H22Cl2N2O2/c1-4-13(2)21-23(17-9-8-16(25)11-19(17)26-22(23)29)18(12-20(28)27(21)3)14-6-5-7-15(24)10-14/h5-11,18,21H,2,4,12H2,1,3H3,(H,26,29)/t18-,21+,23-/m0/s1. The quantitative estimate of drug-likeness (QED) is 0.685. The van der Waals surface area contributed by atoms with Crippen molar-refractivity contribution in [2.75, 3.05) is 12.4 Å². The third kappa shape index (κ3) is 2.89. The van der Waals surface area contributed by atoms with Crippen LogP contribution < -0.4 is 5.32 Å². The number of anilines is 1. The van der Waals surface area contributed by atoms with Gasteiger partial charge in [0.25, 0.3) is 0 Å². The van der Waals surface area contributed by atoms with Gasteiger partial charge in [0.15, 0.2) is 0 Å². The van der Waals surface area contributed by atoms with Crippen molar-refractivity contribution in [1.29, 1.82) is 0 Å². The Morgan fingerprint density at radius 3 is 2.62 bits per heavy atom. The van der Waals surface area contributed by atoms with Crippen LogP contribution in [0.3, 0.4) is 0 Å². The number of likely N-dealkylation sites (tertiary alicyclic amines) is 1. The highest BCUT2D eigenvalue weighted by Gasteiger charge is 2.62. The minimum absolute atomic E-state index is 0.0181. The predicted octanol–water partition coefficient (Wildman–Crippen LogP) is 5.16. The fourth-order valence-corrected chi connectivity index (χ4v) is 5.33. The highest BCUT2D eigenvalue weighted by molar-refractivity contribution is 6.31. The molecule has 0 saturated carbocycles. The molecule has 0 radical (unpaired) electrons. The summed E-state index contributed by atoms with van der Waals surface area (Å²) in [5, 5.41) is 4.14. The van der Waals surface area contributed by atoms with Crippen LogP contribution in [-0.4, -0.2) is 29.8 Å². The van der Waals surface area contributed by atoms with Crippen LogP contribution in [0.5, 0.6) is 0 Å². The van der Waals surface area contributed by atoms with E-state index in [1.54, 1.807) is 30.1 Å². The molecule has 0 unspecified atom stereocenters. The number of fused-ring (bicyclic) bond motifs is 2. The summed E-state index contributed by atoms with van der Waals surface area (Å²) < 4.78 is 0. The van der Waals surface area contributed by atoms with E-state index in [0.717, 1.165) is 16.7 Å². The van der Waals surface area contributed by atoms with Crippen molar-refractivity contribution >= 4 is 40.7 Å². The van der Waals surface area contributed by atoms with E-state index in [0.29, 0.717) is 22.2 Å². The molecule has 0 aromatic heterocycles. The number of rotatable bonds is 3. The summed E-state index contributed by atoms with van der Waals surface area (Å²) >= 11 is 12.5. The SMILES string of the molecule is C=C(CC)[C@H]1N(C)C(=O)C[C@@H](c2cccc(Cl)c2)[C@]12C(=O)Nc1cc(Cl)ccc12. The molecule has 29 heavy (non-hydrogen) atoms. The maximum atomic E-state index is 13.7. The van der Waals surface area contributed by atoms with Gasteiger partial charge in [-0.05, 0) is 41.8 Å². The highest BCUT2D eigenvalue weighted by atomic mass is 35.5. The molecule has 6 heteroatoms. The second-order valence-corrected chi connectivity index (χ2v) is 8.62. The van der Waals surface area contributed by atoms with Gasteiger partial charge in [-0.15, -0.1) is 0 Å². The van der Waals surface area contributed by atoms with Crippen LogP contribution >= 0.6 is 23.2 Å². The topological polar surface area (TPSA) is 49.4 Å². The third-order valence-electron chi connectivity index (χ3n) is 6.28. The van der Waals surface area contributed by atoms with Crippen LogP contribution in [0.15, 0.2) is 54.6 Å². The summed E-state index contributed by atoms with van der Waals surface area (Å²) in [6.45, 7) is 6.24. The van der Waals surface area contributed by atoms with Crippen LogP contribution in [0, 0.1) is 0 Å². The monoisotopic (exact) mass is 428 g/mol. The molecule has 1 fully saturated rings. The van der Waals surface area contributed by atoms with Crippen molar-refractivity contribution in [2.24, 2.45) is 0 Å². The molecule has 2 aliphatic rings. The van der Waals surface area contributed by atoms with E-state index >= 15 is 0 Å². The van der Waals surface area contributed by atoms with Crippen molar-refractivity contribution in [3.63, 3.8) is 0 Å². The number of nitrogens with one attached hydrogen (secondary N) is 1. The minimum Gasteiger partial charge on any atom is -0.338 e. The maximum Gasteiger partial charge on any atom is 0.238 e. The molecule has 1 spiro atoms. The van der Waals surface area contributed by atoms with Gasteiger partial charge in [0, 0.05) is 35.1 Å². The fraction of sp³-hybridized carbons (Fsp3) is 0.304. The average molecular weight is 429 g/mol. The zero-order chi connectivity index (χ0) is 20.9. The summed E-state index contributed by atoms with van der Waals surface area (Å²) in [5.41, 5.74) is 2.23. The lowest BCUT2D eigenvalue weighted by molar-refractivity contribution is -0.141. The van der Waals surface area contributed by atoms with E-state index in [-0.39, 0.29) is 24.2 Å². The molecule has 3 atom stereocenters. The molecule has 1 N–H and O–H groups in total. The third-order valence-corrected chi connectivity index (χ3v) is 6.75. The Bertz CT molecular complexity index is 1040. The van der Waals surface area contributed by atoms with Gasteiger partial charge in [-0.25, -0.2) is 0 Å². The first-order chi connectivity index (χ1) is 13.8. The van der Waals surface area contributed by atoms with Crippen LogP contribution in [-0.2, 0) is 15.0 Å². The van der Waals surface area contributed by atoms with E-state index in [1.807, 2.05) is 31.2 Å². The Kier molecular flexibility index (Phi) is 4.96. The van der Waals surface area contributed by atoms with E-state index in [1.165, 1.54) is 0 Å². The van der Waals surface area contributed by atoms with Crippen molar-refractivity contribution < 1.29 is 9.59 Å². The van der Waals surface area contributed by atoms with E-state index in [4.69, 9.17) is 23.2 Å². The molecule has 0 bridgehead atoms. The number of halogens is 2. The zero-order valence-corrected chi connectivity index (χ0v) is 17.8. The first kappa shape index (κ1) is 20.0. The van der Waals surface area contributed by atoms with Crippen molar-refractivity contribution in [1.82, 2.24) is 4.90 Å². The Morgan fingerprint density at radius 1 is 1.21 bits per heavy atom. The van der Waals surface area contributed by atoms with Crippen molar-refractivity contribution in [3.8, 4) is 0 Å². The number of hydrogen-bond acceptors (Lipinski definition) is 2. The maximum absolute atomic E-state index is 13.7. The average Bonchev–Trinajstić information content (AvgIpc) is 2.96. The van der Waals surface area contributed by atoms with E-state index in [2.05, 4.69) is 11.9 Å². The Balaban J connectivity index is 2.04. The molecular formula is C23H22Cl2N2O2. The smallest absolute Gasteiger partial charge is 0.238 e. The molecule has 2 amide bonds. The van der Waals surface area contributed by atoms with Gasteiger partial charge < -0.3 is 10.2 Å². The van der Waals surface area contributed by atoms with Crippen LogP contribution in [0.1, 0.15) is 36.8 Å². The van der Waals surface area contributed by atoms with Gasteiger partial charge in [-0.1, -0.05) is 60.5 Å². The summed E-state index contributed by atoms with van der Waals surface area (Å²) in [6, 6.07) is 12.4. The number of piperidine rings is 1. The Labute approximate surface area is 180 Å². The van der Waals surface area contributed by atoms with Gasteiger partial charge in [-0.2, -0.15) is 0 Å². The van der Waals surface area contributed by atoms with Crippen molar-refractivity contribution in [2.45, 2.75) is 37.1 Å². The number of likely N-dealkylation sites (N-methyl/N-ethyl adjacent to an activating group) is 1. The lowest BCUT2D eigenvalue weighted by atomic mass is 9.58. The summed E-state index contributed by atoms with van der Waals surface area (Å²) in [7, 11) is 1.75. The summed E-state index contributed by atoms with van der Waals surface area (Å²) in [6.07, 6.45) is 0.863. The molecule has 2 heterocycles. The van der Waals surface area contributed by atoms with Crippen LogP contribution in [0.25, 0.3) is 0 Å². The molecule has 0 aliphatic carbocycles. The number of hydrogen-bond donors (Lipinski definition) is 1. The number of benzene rings is 2. The van der Waals surface area contributed by atoms with Gasteiger partial charge in [-0.3, -0.25) is 9.59 Å². The second kappa shape index (κ2) is 7.19. The summed E-state index contributed by atoms with van der Waals surface area (Å²) in [5.74, 6) is -0.533. The lowest BCUT2D eigenvalue weighted by Crippen LogP contribution is -2.62. The Morgan fingerprint density at radius 2 is 1.93 bits per heavy atom. The highest BCUT2D eigenvalue weighted by Crippen LogP contribution is 2.56. The second-order valence-electron chi connectivity index (χ2n) is 7.74. The number of nitrogens with zero attached hydrogens (tertiary/aromatic N) is 1. The zero-order valence-electron chi connectivity index (χ0n) is 16.3. The van der Waals surface area contributed by atoms with Crippen LogP contribution in [0.4, 0.5) is 5.69 Å². The molecular weight excluding hydrogens is 407 g/mol. The molecule has 4 nitrogen and oxygen atoms in total. The van der Waals surface area contributed by atoms with Gasteiger partial charge in [0.2, 0.25) is 11.8 Å². The number of amides is 2. The summed E-state index contributed by atoms with van der Waals surface area (Å²) in [4.78, 5) is 28.4. The molecule has 2 aromatic rings. The Hall–Kier alpha value is -2.30. The first-order valence-electron chi connectivity index (χ1n) is 9.61.